The Hall–Kier alpha value is -3.55. The number of carboxylic acid groups (broad SMARTS) is 1. The third-order valence-corrected chi connectivity index (χ3v) is 8.93. The SMILES string of the molecule is Nc1nc(-c2c[nH]c3c(F)cc(F)cc23)nc2c(C3CC3)ccc(C34CCC(CC3)[C@@H](C(=O)O)C4)c12. The lowest BCUT2D eigenvalue weighted by Gasteiger charge is -2.50. The van der Waals surface area contributed by atoms with E-state index in [1.807, 2.05) is 0 Å². The normalized spacial score (nSPS) is 25.6. The van der Waals surface area contributed by atoms with E-state index in [9.17, 15) is 18.7 Å². The van der Waals surface area contributed by atoms with Gasteiger partial charge >= 0.3 is 5.97 Å². The predicted molar refractivity (Wildman–Crippen MR) is 133 cm³/mol. The number of aliphatic carboxylic acids is 1. The Morgan fingerprint density at radius 1 is 1.11 bits per heavy atom. The van der Waals surface area contributed by atoms with Crippen LogP contribution in [0.25, 0.3) is 33.2 Å². The van der Waals surface area contributed by atoms with Gasteiger partial charge in [0.05, 0.1) is 17.0 Å². The molecule has 0 amide bonds. The number of nitrogens with zero attached hydrogens (tertiary/aromatic N) is 2. The summed E-state index contributed by atoms with van der Waals surface area (Å²) in [5.74, 6) is -1.12. The van der Waals surface area contributed by atoms with E-state index in [1.54, 1.807) is 6.20 Å². The molecule has 4 aliphatic carbocycles. The number of aromatic amines is 1. The molecular weight excluding hydrogens is 462 g/mol. The van der Waals surface area contributed by atoms with Crippen LogP contribution in [-0.2, 0) is 10.2 Å². The smallest absolute Gasteiger partial charge is 0.306 e. The average Bonchev–Trinajstić information content (AvgIpc) is 3.62. The fourth-order valence-electron chi connectivity index (χ4n) is 6.97. The first-order valence-electron chi connectivity index (χ1n) is 12.6. The summed E-state index contributed by atoms with van der Waals surface area (Å²) < 4.78 is 28.4. The number of benzene rings is 2. The first-order chi connectivity index (χ1) is 17.3. The van der Waals surface area contributed by atoms with Gasteiger partial charge in [-0.25, -0.2) is 18.7 Å². The molecule has 8 rings (SSSR count). The van der Waals surface area contributed by atoms with Crippen molar-refractivity contribution in [3.8, 4) is 11.4 Å². The Morgan fingerprint density at radius 3 is 2.61 bits per heavy atom. The number of carboxylic acids is 1. The molecule has 0 spiro atoms. The zero-order valence-electron chi connectivity index (χ0n) is 19.7. The van der Waals surface area contributed by atoms with Gasteiger partial charge in [0.1, 0.15) is 17.5 Å². The van der Waals surface area contributed by atoms with Crippen molar-refractivity contribution >= 4 is 33.6 Å². The highest BCUT2D eigenvalue weighted by atomic mass is 19.1. The zero-order valence-corrected chi connectivity index (χ0v) is 19.7. The van der Waals surface area contributed by atoms with Gasteiger partial charge in [-0.1, -0.05) is 12.1 Å². The maximum atomic E-state index is 14.3. The fourth-order valence-corrected chi connectivity index (χ4v) is 6.97. The first kappa shape index (κ1) is 21.7. The van der Waals surface area contributed by atoms with Crippen LogP contribution in [0.1, 0.15) is 62.0 Å². The molecule has 8 heteroatoms. The van der Waals surface area contributed by atoms with E-state index < -0.39 is 17.6 Å². The van der Waals surface area contributed by atoms with Crippen molar-refractivity contribution in [2.24, 2.45) is 11.8 Å². The number of hydrogen-bond donors (Lipinski definition) is 3. The number of hydrogen-bond acceptors (Lipinski definition) is 4. The molecule has 1 atom stereocenters. The predicted octanol–water partition coefficient (Wildman–Crippen LogP) is 6.05. The van der Waals surface area contributed by atoms with Crippen molar-refractivity contribution in [2.75, 3.05) is 5.73 Å². The van der Waals surface area contributed by atoms with E-state index in [0.29, 0.717) is 34.9 Å². The van der Waals surface area contributed by atoms with Gasteiger partial charge in [-0.05, 0) is 79.4 Å². The third-order valence-electron chi connectivity index (χ3n) is 8.93. The van der Waals surface area contributed by atoms with Gasteiger partial charge in [0.2, 0.25) is 0 Å². The van der Waals surface area contributed by atoms with Crippen molar-refractivity contribution < 1.29 is 18.7 Å². The number of rotatable bonds is 4. The Morgan fingerprint density at radius 2 is 1.89 bits per heavy atom. The number of nitrogens with two attached hydrogens (primary N) is 1. The van der Waals surface area contributed by atoms with Crippen LogP contribution in [0, 0.1) is 23.5 Å². The monoisotopic (exact) mass is 488 g/mol. The summed E-state index contributed by atoms with van der Waals surface area (Å²) >= 11 is 0. The summed E-state index contributed by atoms with van der Waals surface area (Å²) in [5.41, 5.74) is 10.0. The minimum Gasteiger partial charge on any atom is -0.481 e. The molecule has 4 N–H and O–H groups in total. The summed E-state index contributed by atoms with van der Waals surface area (Å²) in [6.45, 7) is 0. The van der Waals surface area contributed by atoms with E-state index in [1.165, 1.54) is 6.07 Å². The lowest BCUT2D eigenvalue weighted by molar-refractivity contribution is -0.148. The summed E-state index contributed by atoms with van der Waals surface area (Å²) in [4.78, 5) is 24.5. The number of H-pyrrole nitrogens is 1. The molecule has 4 aliphatic rings. The van der Waals surface area contributed by atoms with Gasteiger partial charge < -0.3 is 15.8 Å². The van der Waals surface area contributed by atoms with Gasteiger partial charge in [-0.2, -0.15) is 0 Å². The third kappa shape index (κ3) is 3.09. The molecule has 36 heavy (non-hydrogen) atoms. The Kier molecular flexibility index (Phi) is 4.51. The molecule has 4 fully saturated rings. The molecule has 0 saturated heterocycles. The lowest BCUT2D eigenvalue weighted by atomic mass is 9.53. The number of nitrogens with one attached hydrogen (secondary N) is 1. The van der Waals surface area contributed by atoms with Crippen LogP contribution in [0.3, 0.4) is 0 Å². The number of fused-ring (bicyclic) bond motifs is 5. The van der Waals surface area contributed by atoms with Crippen LogP contribution in [0.15, 0.2) is 30.5 Å². The molecule has 4 aromatic rings. The highest BCUT2D eigenvalue weighted by Crippen LogP contribution is 2.57. The Bertz CT molecular complexity index is 1570. The Labute approximate surface area is 205 Å². The molecule has 6 nitrogen and oxygen atoms in total. The van der Waals surface area contributed by atoms with Gasteiger partial charge in [-0.3, -0.25) is 4.79 Å². The molecule has 0 aliphatic heterocycles. The highest BCUT2D eigenvalue weighted by molar-refractivity contribution is 5.99. The molecule has 2 aromatic carbocycles. The summed E-state index contributed by atoms with van der Waals surface area (Å²) in [7, 11) is 0. The van der Waals surface area contributed by atoms with E-state index >= 15 is 0 Å². The molecular formula is C28H26F2N4O2. The molecule has 2 bridgehead atoms. The van der Waals surface area contributed by atoms with Gasteiger partial charge in [-0.15, -0.1) is 0 Å². The summed E-state index contributed by atoms with van der Waals surface area (Å²) in [5, 5.41) is 11.1. The maximum absolute atomic E-state index is 14.3. The average molecular weight is 489 g/mol. The number of carbonyl (C=O) groups is 1. The van der Waals surface area contributed by atoms with E-state index in [4.69, 9.17) is 10.7 Å². The topological polar surface area (TPSA) is 105 Å². The van der Waals surface area contributed by atoms with Crippen molar-refractivity contribution in [1.29, 1.82) is 0 Å². The highest BCUT2D eigenvalue weighted by Gasteiger charge is 2.50. The van der Waals surface area contributed by atoms with E-state index in [-0.39, 0.29) is 22.8 Å². The second-order valence-electron chi connectivity index (χ2n) is 10.9. The minimum absolute atomic E-state index is 0.197. The molecule has 184 valence electrons. The summed E-state index contributed by atoms with van der Waals surface area (Å²) in [6, 6.07) is 6.39. The van der Waals surface area contributed by atoms with Gasteiger partial charge in [0.15, 0.2) is 5.82 Å². The van der Waals surface area contributed by atoms with Crippen LogP contribution >= 0.6 is 0 Å². The molecule has 0 unspecified atom stereocenters. The molecule has 4 saturated carbocycles. The molecule has 0 radical (unpaired) electrons. The van der Waals surface area contributed by atoms with Crippen LogP contribution in [0.5, 0.6) is 0 Å². The number of nitrogen functional groups attached to an aromatic ring is 1. The molecule has 2 heterocycles. The Balaban J connectivity index is 1.45. The van der Waals surface area contributed by atoms with Crippen LogP contribution in [-0.4, -0.2) is 26.0 Å². The van der Waals surface area contributed by atoms with Crippen LogP contribution in [0.2, 0.25) is 0 Å². The quantitative estimate of drug-likeness (QED) is 0.324. The number of anilines is 1. The van der Waals surface area contributed by atoms with E-state index in [0.717, 1.165) is 66.6 Å². The number of aromatic nitrogens is 3. The van der Waals surface area contributed by atoms with Gasteiger partial charge in [0.25, 0.3) is 0 Å². The van der Waals surface area contributed by atoms with Crippen molar-refractivity contribution in [3.05, 3.63) is 53.2 Å². The van der Waals surface area contributed by atoms with Crippen LogP contribution in [0.4, 0.5) is 14.6 Å². The zero-order chi connectivity index (χ0) is 24.8. The van der Waals surface area contributed by atoms with Crippen molar-refractivity contribution in [2.45, 2.75) is 56.3 Å². The minimum atomic E-state index is -0.715. The van der Waals surface area contributed by atoms with Crippen LogP contribution < -0.4 is 5.73 Å². The number of halogens is 2. The van der Waals surface area contributed by atoms with Crippen molar-refractivity contribution in [3.63, 3.8) is 0 Å². The second kappa shape index (κ2) is 7.48. The maximum Gasteiger partial charge on any atom is 0.306 e. The van der Waals surface area contributed by atoms with Crippen molar-refractivity contribution in [1.82, 2.24) is 15.0 Å². The fraction of sp³-hybridized carbons (Fsp3) is 0.393. The van der Waals surface area contributed by atoms with E-state index in [2.05, 4.69) is 22.1 Å². The largest absolute Gasteiger partial charge is 0.481 e. The summed E-state index contributed by atoms with van der Waals surface area (Å²) in [6.07, 6.45) is 8.00. The first-order valence-corrected chi connectivity index (χ1v) is 12.6. The standard InChI is InChI=1S/C28H26F2N4O2/c29-15-9-17-19(12-32-23(17)21(30)10-15)26-33-24-16(13-1-2-13)3-4-20(22(24)25(31)34-26)28-7-5-14(6-8-28)18(11-28)27(35)36/h3-4,9-10,12-14,18,32H,1-2,5-8,11H2,(H,35,36)(H2,31,33,34)/t14?,18-,28?/m0/s1. The molecule has 2 aromatic heterocycles. The lowest BCUT2D eigenvalue weighted by Crippen LogP contribution is -2.45. The second-order valence-corrected chi connectivity index (χ2v) is 10.9. The van der Waals surface area contributed by atoms with Gasteiger partial charge in [0, 0.05) is 28.6 Å².